The van der Waals surface area contributed by atoms with Crippen LogP contribution in [0.3, 0.4) is 0 Å². The molecule has 6 nitrogen and oxygen atoms in total. The van der Waals surface area contributed by atoms with Gasteiger partial charge in [0.2, 0.25) is 0 Å². The van der Waals surface area contributed by atoms with Crippen LogP contribution < -0.4 is 9.47 Å². The zero-order valence-electron chi connectivity index (χ0n) is 15.3. The molecule has 2 aromatic carbocycles. The molecule has 0 N–H and O–H groups in total. The van der Waals surface area contributed by atoms with Gasteiger partial charge >= 0.3 is 0 Å². The zero-order chi connectivity index (χ0) is 19.2. The monoisotopic (exact) mass is 384 g/mol. The second kappa shape index (κ2) is 8.73. The Bertz CT molecular complexity index is 908. The smallest absolute Gasteiger partial charge is 0.277 e. The molecule has 0 saturated carbocycles. The summed E-state index contributed by atoms with van der Waals surface area (Å²) in [5, 5.41) is 7.94. The number of aryl methyl sites for hydroxylation is 1. The summed E-state index contributed by atoms with van der Waals surface area (Å²) < 4.78 is 16.3. The zero-order valence-corrected chi connectivity index (χ0v) is 16.2. The van der Waals surface area contributed by atoms with Crippen molar-refractivity contribution >= 4 is 17.5 Å². The second-order valence-electron chi connectivity index (χ2n) is 5.92. The summed E-state index contributed by atoms with van der Waals surface area (Å²) in [7, 11) is 1.59. The molecular weight excluding hydrogens is 364 g/mol. The Hall–Kier alpha value is -2.80. The van der Waals surface area contributed by atoms with E-state index in [1.165, 1.54) is 11.8 Å². The Morgan fingerprint density at radius 1 is 1.15 bits per heavy atom. The van der Waals surface area contributed by atoms with Crippen LogP contribution in [0, 0.1) is 6.92 Å². The number of methoxy groups -OCH3 is 1. The van der Waals surface area contributed by atoms with Gasteiger partial charge in [-0.3, -0.25) is 4.79 Å². The number of hydrogen-bond acceptors (Lipinski definition) is 7. The molecule has 3 aromatic rings. The number of carbonyl (C=O) groups excluding carboxylic acids is 1. The van der Waals surface area contributed by atoms with Crippen molar-refractivity contribution in [2.24, 2.45) is 0 Å². The van der Waals surface area contributed by atoms with Gasteiger partial charge in [0.1, 0.15) is 11.5 Å². The molecule has 0 unspecified atom stereocenters. The van der Waals surface area contributed by atoms with Gasteiger partial charge in [-0.15, -0.1) is 10.2 Å². The van der Waals surface area contributed by atoms with E-state index in [9.17, 15) is 4.79 Å². The number of thioether (sulfide) groups is 1. The van der Waals surface area contributed by atoms with Gasteiger partial charge < -0.3 is 13.9 Å². The van der Waals surface area contributed by atoms with Crippen LogP contribution in [0.1, 0.15) is 28.7 Å². The minimum Gasteiger partial charge on any atom is -0.497 e. The van der Waals surface area contributed by atoms with Crippen molar-refractivity contribution in [3.05, 3.63) is 65.5 Å². The summed E-state index contributed by atoms with van der Waals surface area (Å²) in [5.74, 6) is 1.80. The van der Waals surface area contributed by atoms with Crippen molar-refractivity contribution in [1.29, 1.82) is 0 Å². The number of nitrogens with zero attached hydrogens (tertiary/aromatic N) is 2. The molecular formula is C20H20N2O4S. The summed E-state index contributed by atoms with van der Waals surface area (Å²) in [4.78, 5) is 12.5. The highest BCUT2D eigenvalue weighted by atomic mass is 32.2. The van der Waals surface area contributed by atoms with Crippen molar-refractivity contribution in [2.75, 3.05) is 7.11 Å². The minimum atomic E-state index is -0.357. The first-order valence-corrected chi connectivity index (χ1v) is 9.30. The van der Waals surface area contributed by atoms with Gasteiger partial charge in [0.15, 0.2) is 12.4 Å². The van der Waals surface area contributed by atoms with Crippen LogP contribution >= 0.6 is 11.8 Å². The molecule has 140 valence electrons. The Morgan fingerprint density at radius 3 is 2.63 bits per heavy atom. The number of Topliss-reactive ketones (excluding diaryl/α,β-unsaturated/α-hetero) is 1. The fourth-order valence-electron chi connectivity index (χ4n) is 2.39. The Morgan fingerprint density at radius 2 is 1.93 bits per heavy atom. The molecule has 0 spiro atoms. The highest BCUT2D eigenvalue weighted by Gasteiger charge is 2.20. The average molecular weight is 384 g/mol. The van der Waals surface area contributed by atoms with Gasteiger partial charge in [-0.05, 0) is 55.8 Å². The maximum atomic E-state index is 12.5. The highest BCUT2D eigenvalue weighted by Crippen LogP contribution is 2.25. The van der Waals surface area contributed by atoms with Gasteiger partial charge in [-0.25, -0.2) is 0 Å². The molecule has 0 aliphatic rings. The molecule has 0 saturated heterocycles. The second-order valence-corrected chi connectivity index (χ2v) is 7.21. The molecule has 0 aliphatic carbocycles. The summed E-state index contributed by atoms with van der Waals surface area (Å²) in [5.41, 5.74) is 1.72. The molecule has 7 heteroatoms. The first-order valence-electron chi connectivity index (χ1n) is 8.42. The topological polar surface area (TPSA) is 74.5 Å². The molecule has 0 amide bonds. The van der Waals surface area contributed by atoms with E-state index in [0.717, 1.165) is 11.3 Å². The molecule has 0 radical (unpaired) electrons. The standard InChI is InChI=1S/C20H20N2O4S/c1-13-5-4-6-17(11-13)25-12-18-21-22-20(26-18)27-14(2)19(23)15-7-9-16(24-3)10-8-15/h4-11,14H,12H2,1-3H3/t14-/m1/s1. The molecule has 0 bridgehead atoms. The fourth-order valence-corrected chi connectivity index (χ4v) is 3.17. The highest BCUT2D eigenvalue weighted by molar-refractivity contribution is 8.00. The number of benzene rings is 2. The van der Waals surface area contributed by atoms with Crippen molar-refractivity contribution < 1.29 is 18.7 Å². The quantitative estimate of drug-likeness (QED) is 0.423. The Kier molecular flexibility index (Phi) is 6.13. The van der Waals surface area contributed by atoms with Crippen molar-refractivity contribution in [3.63, 3.8) is 0 Å². The number of hydrogen-bond donors (Lipinski definition) is 0. The maximum absolute atomic E-state index is 12.5. The van der Waals surface area contributed by atoms with E-state index < -0.39 is 0 Å². The number of aromatic nitrogens is 2. The summed E-state index contributed by atoms with van der Waals surface area (Å²) in [6, 6.07) is 14.7. The van der Waals surface area contributed by atoms with E-state index in [2.05, 4.69) is 10.2 Å². The van der Waals surface area contributed by atoms with Crippen molar-refractivity contribution in [1.82, 2.24) is 10.2 Å². The number of carbonyl (C=O) groups is 1. The van der Waals surface area contributed by atoms with Crippen molar-refractivity contribution in [3.8, 4) is 11.5 Å². The lowest BCUT2D eigenvalue weighted by atomic mass is 10.1. The lowest BCUT2D eigenvalue weighted by Gasteiger charge is -2.08. The number of rotatable bonds is 8. The minimum absolute atomic E-state index is 0.0154. The van der Waals surface area contributed by atoms with Crippen LogP contribution in [0.15, 0.2) is 58.2 Å². The first kappa shape index (κ1) is 19.0. The van der Waals surface area contributed by atoms with E-state index in [4.69, 9.17) is 13.9 Å². The van der Waals surface area contributed by atoms with Gasteiger partial charge in [0.25, 0.3) is 11.1 Å². The molecule has 1 atom stereocenters. The van der Waals surface area contributed by atoms with Crippen LogP contribution in [-0.2, 0) is 6.61 Å². The van der Waals surface area contributed by atoms with Gasteiger partial charge in [0, 0.05) is 5.56 Å². The Balaban J connectivity index is 1.56. The van der Waals surface area contributed by atoms with Gasteiger partial charge in [0.05, 0.1) is 12.4 Å². The molecule has 27 heavy (non-hydrogen) atoms. The molecule has 0 fully saturated rings. The van der Waals surface area contributed by atoms with Gasteiger partial charge in [-0.2, -0.15) is 0 Å². The van der Waals surface area contributed by atoms with E-state index >= 15 is 0 Å². The van der Waals surface area contributed by atoms with Crippen LogP contribution in [0.25, 0.3) is 0 Å². The van der Waals surface area contributed by atoms with Gasteiger partial charge in [-0.1, -0.05) is 23.9 Å². The fraction of sp³-hybridized carbons (Fsp3) is 0.250. The van der Waals surface area contributed by atoms with E-state index in [1.54, 1.807) is 31.4 Å². The summed E-state index contributed by atoms with van der Waals surface area (Å²) in [6.07, 6.45) is 0. The Labute approximate surface area is 161 Å². The third kappa shape index (κ3) is 5.10. The number of ketones is 1. The normalized spacial score (nSPS) is 11.8. The van der Waals surface area contributed by atoms with E-state index in [-0.39, 0.29) is 17.6 Å². The molecule has 1 aromatic heterocycles. The molecule has 3 rings (SSSR count). The van der Waals surface area contributed by atoms with Crippen LogP contribution in [0.4, 0.5) is 0 Å². The number of ether oxygens (including phenoxy) is 2. The third-order valence-corrected chi connectivity index (χ3v) is 4.76. The van der Waals surface area contributed by atoms with Crippen LogP contribution in [-0.4, -0.2) is 28.3 Å². The third-order valence-electron chi connectivity index (χ3n) is 3.82. The predicted molar refractivity (Wildman–Crippen MR) is 102 cm³/mol. The lowest BCUT2D eigenvalue weighted by molar-refractivity contribution is 0.0993. The maximum Gasteiger partial charge on any atom is 0.277 e. The molecule has 1 heterocycles. The lowest BCUT2D eigenvalue weighted by Crippen LogP contribution is -2.13. The largest absolute Gasteiger partial charge is 0.497 e. The van der Waals surface area contributed by atoms with E-state index in [0.29, 0.717) is 22.4 Å². The molecule has 0 aliphatic heterocycles. The summed E-state index contributed by atoms with van der Waals surface area (Å²) >= 11 is 1.22. The van der Waals surface area contributed by atoms with E-state index in [1.807, 2.05) is 38.1 Å². The summed E-state index contributed by atoms with van der Waals surface area (Å²) in [6.45, 7) is 3.98. The average Bonchev–Trinajstić information content (AvgIpc) is 3.13. The van der Waals surface area contributed by atoms with Crippen LogP contribution in [0.5, 0.6) is 11.5 Å². The SMILES string of the molecule is COc1ccc(C(=O)[C@@H](C)Sc2nnc(COc3cccc(C)c3)o2)cc1. The van der Waals surface area contributed by atoms with Crippen LogP contribution in [0.2, 0.25) is 0 Å². The predicted octanol–water partition coefficient (Wildman–Crippen LogP) is 4.33. The van der Waals surface area contributed by atoms with Crippen molar-refractivity contribution in [2.45, 2.75) is 30.9 Å². The first-order chi connectivity index (χ1) is 13.0.